The predicted molar refractivity (Wildman–Crippen MR) is 63.8 cm³/mol. The van der Waals surface area contributed by atoms with Gasteiger partial charge in [-0.2, -0.15) is 0 Å². The first-order valence-electron chi connectivity index (χ1n) is 5.64. The summed E-state index contributed by atoms with van der Waals surface area (Å²) in [7, 11) is 0. The lowest BCUT2D eigenvalue weighted by Gasteiger charge is -2.36. The molecule has 82 valence electrons. The van der Waals surface area contributed by atoms with Gasteiger partial charge < -0.3 is 10.6 Å². The summed E-state index contributed by atoms with van der Waals surface area (Å²) in [6.45, 7) is 6.83. The van der Waals surface area contributed by atoms with E-state index in [-0.39, 0.29) is 0 Å². The van der Waals surface area contributed by atoms with Gasteiger partial charge in [-0.15, -0.1) is 0 Å². The lowest BCUT2D eigenvalue weighted by atomic mass is 9.89. The standard InChI is InChI=1S/C12H19N3/c1-9-6-7-15(8-10(9)2)12-5-3-4-11(13)14-12/h3-5,9-10H,6-8H2,1-2H3,(H2,13,14). The summed E-state index contributed by atoms with van der Waals surface area (Å²) < 4.78 is 0. The third kappa shape index (κ3) is 2.22. The van der Waals surface area contributed by atoms with Crippen molar-refractivity contribution in [1.29, 1.82) is 0 Å². The van der Waals surface area contributed by atoms with Crippen molar-refractivity contribution < 1.29 is 0 Å². The van der Waals surface area contributed by atoms with Crippen LogP contribution in [0.5, 0.6) is 0 Å². The number of rotatable bonds is 1. The van der Waals surface area contributed by atoms with Crippen LogP contribution in [0.15, 0.2) is 18.2 Å². The molecule has 0 aliphatic carbocycles. The molecule has 1 aromatic rings. The van der Waals surface area contributed by atoms with Crippen molar-refractivity contribution in [3.63, 3.8) is 0 Å². The lowest BCUT2D eigenvalue weighted by molar-refractivity contribution is 0.323. The molecule has 1 saturated heterocycles. The van der Waals surface area contributed by atoms with Gasteiger partial charge in [0.05, 0.1) is 0 Å². The van der Waals surface area contributed by atoms with Gasteiger partial charge in [0.2, 0.25) is 0 Å². The number of pyridine rings is 1. The molecule has 1 aliphatic rings. The van der Waals surface area contributed by atoms with E-state index in [4.69, 9.17) is 5.73 Å². The summed E-state index contributed by atoms with van der Waals surface area (Å²) in [6, 6.07) is 5.85. The molecule has 2 rings (SSSR count). The van der Waals surface area contributed by atoms with E-state index >= 15 is 0 Å². The SMILES string of the molecule is CC1CCN(c2cccc(N)n2)CC1C. The van der Waals surface area contributed by atoms with Gasteiger partial charge in [-0.05, 0) is 30.4 Å². The summed E-state index contributed by atoms with van der Waals surface area (Å²) in [5.41, 5.74) is 5.69. The van der Waals surface area contributed by atoms with E-state index in [1.807, 2.05) is 18.2 Å². The average molecular weight is 205 g/mol. The first-order valence-corrected chi connectivity index (χ1v) is 5.64. The Bertz CT molecular complexity index is 337. The van der Waals surface area contributed by atoms with Crippen LogP contribution in [0.3, 0.4) is 0 Å². The molecule has 1 fully saturated rings. The molecule has 0 saturated carbocycles. The lowest BCUT2D eigenvalue weighted by Crippen LogP contribution is -2.38. The highest BCUT2D eigenvalue weighted by molar-refractivity contribution is 5.45. The second-order valence-electron chi connectivity index (χ2n) is 4.61. The highest BCUT2D eigenvalue weighted by atomic mass is 15.2. The normalized spacial score (nSPS) is 26.7. The molecule has 15 heavy (non-hydrogen) atoms. The molecule has 3 heteroatoms. The van der Waals surface area contributed by atoms with Gasteiger partial charge in [0.15, 0.2) is 0 Å². The number of anilines is 2. The first-order chi connectivity index (χ1) is 7.16. The van der Waals surface area contributed by atoms with Crippen LogP contribution in [0.4, 0.5) is 11.6 Å². The maximum absolute atomic E-state index is 5.69. The molecule has 0 spiro atoms. The molecule has 2 heterocycles. The van der Waals surface area contributed by atoms with E-state index < -0.39 is 0 Å². The minimum atomic E-state index is 0.610. The predicted octanol–water partition coefficient (Wildman–Crippen LogP) is 2.15. The fourth-order valence-corrected chi connectivity index (χ4v) is 2.09. The summed E-state index contributed by atoms with van der Waals surface area (Å²) >= 11 is 0. The highest BCUT2D eigenvalue weighted by Gasteiger charge is 2.23. The van der Waals surface area contributed by atoms with Gasteiger partial charge in [-0.3, -0.25) is 0 Å². The van der Waals surface area contributed by atoms with Crippen molar-refractivity contribution in [3.8, 4) is 0 Å². The molecular formula is C12H19N3. The monoisotopic (exact) mass is 205 g/mol. The molecule has 2 N–H and O–H groups in total. The van der Waals surface area contributed by atoms with Crippen molar-refractivity contribution in [2.45, 2.75) is 20.3 Å². The van der Waals surface area contributed by atoms with E-state index in [2.05, 4.69) is 23.7 Å². The van der Waals surface area contributed by atoms with Crippen molar-refractivity contribution >= 4 is 11.6 Å². The van der Waals surface area contributed by atoms with Crippen LogP contribution in [0.25, 0.3) is 0 Å². The van der Waals surface area contributed by atoms with Crippen LogP contribution >= 0.6 is 0 Å². The summed E-state index contributed by atoms with van der Waals surface area (Å²) in [5.74, 6) is 3.19. The minimum absolute atomic E-state index is 0.610. The molecule has 3 nitrogen and oxygen atoms in total. The number of hydrogen-bond donors (Lipinski definition) is 1. The minimum Gasteiger partial charge on any atom is -0.384 e. The summed E-state index contributed by atoms with van der Waals surface area (Å²) in [4.78, 5) is 6.69. The third-order valence-corrected chi connectivity index (χ3v) is 3.41. The fraction of sp³-hybridized carbons (Fsp3) is 0.583. The van der Waals surface area contributed by atoms with E-state index in [0.29, 0.717) is 5.82 Å². The van der Waals surface area contributed by atoms with E-state index in [9.17, 15) is 0 Å². The van der Waals surface area contributed by atoms with Crippen molar-refractivity contribution in [2.24, 2.45) is 11.8 Å². The van der Waals surface area contributed by atoms with Gasteiger partial charge in [-0.1, -0.05) is 19.9 Å². The van der Waals surface area contributed by atoms with Gasteiger partial charge in [-0.25, -0.2) is 4.98 Å². The average Bonchev–Trinajstić information content (AvgIpc) is 2.22. The van der Waals surface area contributed by atoms with Crippen LogP contribution < -0.4 is 10.6 Å². The van der Waals surface area contributed by atoms with Crippen LogP contribution in [0.2, 0.25) is 0 Å². The Hall–Kier alpha value is -1.25. The Balaban J connectivity index is 2.12. The van der Waals surface area contributed by atoms with Gasteiger partial charge in [0.1, 0.15) is 11.6 Å². The molecule has 2 atom stereocenters. The van der Waals surface area contributed by atoms with E-state index in [1.165, 1.54) is 6.42 Å². The number of aromatic nitrogens is 1. The Morgan fingerprint density at radius 1 is 1.33 bits per heavy atom. The van der Waals surface area contributed by atoms with Gasteiger partial charge >= 0.3 is 0 Å². The number of piperidine rings is 1. The maximum Gasteiger partial charge on any atom is 0.130 e. The molecule has 2 unspecified atom stereocenters. The van der Waals surface area contributed by atoms with Crippen LogP contribution in [0.1, 0.15) is 20.3 Å². The van der Waals surface area contributed by atoms with E-state index in [1.54, 1.807) is 0 Å². The largest absolute Gasteiger partial charge is 0.384 e. The highest BCUT2D eigenvalue weighted by Crippen LogP contribution is 2.25. The van der Waals surface area contributed by atoms with E-state index in [0.717, 1.165) is 30.7 Å². The molecule has 0 bridgehead atoms. The van der Waals surface area contributed by atoms with Crippen LogP contribution in [0, 0.1) is 11.8 Å². The quantitative estimate of drug-likeness (QED) is 0.763. The zero-order valence-electron chi connectivity index (χ0n) is 9.48. The number of nitrogen functional groups attached to an aromatic ring is 1. The Morgan fingerprint density at radius 2 is 2.13 bits per heavy atom. The molecule has 1 aromatic heterocycles. The Morgan fingerprint density at radius 3 is 2.80 bits per heavy atom. The third-order valence-electron chi connectivity index (χ3n) is 3.41. The fourth-order valence-electron chi connectivity index (χ4n) is 2.09. The second kappa shape index (κ2) is 4.09. The second-order valence-corrected chi connectivity index (χ2v) is 4.61. The molecular weight excluding hydrogens is 186 g/mol. The van der Waals surface area contributed by atoms with Crippen molar-refractivity contribution in [1.82, 2.24) is 4.98 Å². The zero-order chi connectivity index (χ0) is 10.8. The molecule has 0 radical (unpaired) electrons. The summed E-state index contributed by atoms with van der Waals surface area (Å²) in [5, 5.41) is 0. The van der Waals surface area contributed by atoms with Gasteiger partial charge in [0, 0.05) is 13.1 Å². The number of nitrogens with zero attached hydrogens (tertiary/aromatic N) is 2. The van der Waals surface area contributed by atoms with Crippen molar-refractivity contribution in [2.75, 3.05) is 23.7 Å². The van der Waals surface area contributed by atoms with Crippen molar-refractivity contribution in [3.05, 3.63) is 18.2 Å². The molecule has 1 aliphatic heterocycles. The smallest absolute Gasteiger partial charge is 0.130 e. The molecule has 0 aromatic carbocycles. The molecule has 0 amide bonds. The zero-order valence-corrected chi connectivity index (χ0v) is 9.48. The maximum atomic E-state index is 5.69. The topological polar surface area (TPSA) is 42.1 Å². The van der Waals surface area contributed by atoms with Crippen LogP contribution in [-0.4, -0.2) is 18.1 Å². The number of hydrogen-bond acceptors (Lipinski definition) is 3. The first kappa shape index (κ1) is 10.3. The van der Waals surface area contributed by atoms with Gasteiger partial charge in [0.25, 0.3) is 0 Å². The Kier molecular flexibility index (Phi) is 2.80. The summed E-state index contributed by atoms with van der Waals surface area (Å²) in [6.07, 6.45) is 1.25. The Labute approximate surface area is 91.3 Å². The number of nitrogens with two attached hydrogens (primary N) is 1. The van der Waals surface area contributed by atoms with Crippen LogP contribution in [-0.2, 0) is 0 Å².